The number of nitrogens with zero attached hydrogens (tertiary/aromatic N) is 3. The fourth-order valence-corrected chi connectivity index (χ4v) is 2.52. The summed E-state index contributed by atoms with van der Waals surface area (Å²) < 4.78 is 15.8. The number of nitrogens with one attached hydrogen (secondary N) is 1. The first-order valence-electron chi connectivity index (χ1n) is 7.89. The highest BCUT2D eigenvalue weighted by atomic mass is 16.5. The predicted octanol–water partition coefficient (Wildman–Crippen LogP) is 1.71. The molecule has 1 saturated heterocycles. The lowest BCUT2D eigenvalue weighted by atomic mass is 10.2. The minimum Gasteiger partial charge on any atom is -0.497 e. The Labute approximate surface area is 145 Å². The third-order valence-electron chi connectivity index (χ3n) is 3.85. The van der Waals surface area contributed by atoms with Crippen molar-refractivity contribution in [2.75, 3.05) is 45.8 Å². The van der Waals surface area contributed by atoms with Gasteiger partial charge in [-0.3, -0.25) is 4.79 Å². The molecule has 0 saturated carbocycles. The largest absolute Gasteiger partial charge is 0.497 e. The van der Waals surface area contributed by atoms with Gasteiger partial charge in [0.05, 0.1) is 33.1 Å². The zero-order chi connectivity index (χ0) is 17.6. The minimum atomic E-state index is -0.133. The van der Waals surface area contributed by atoms with Crippen LogP contribution in [0.2, 0.25) is 0 Å². The molecule has 0 atom stereocenters. The smallest absolute Gasteiger partial charge is 0.272 e. The molecule has 1 aliphatic rings. The zero-order valence-electron chi connectivity index (χ0n) is 14.2. The number of hydrogen-bond donors (Lipinski definition) is 1. The van der Waals surface area contributed by atoms with E-state index in [-0.39, 0.29) is 5.91 Å². The topological polar surface area (TPSA) is 85.8 Å². The summed E-state index contributed by atoms with van der Waals surface area (Å²) in [5, 5.41) is 3.14. The van der Waals surface area contributed by atoms with Crippen molar-refractivity contribution < 1.29 is 19.0 Å². The molecule has 1 amide bonds. The van der Waals surface area contributed by atoms with Gasteiger partial charge >= 0.3 is 0 Å². The molecular weight excluding hydrogens is 324 g/mol. The average Bonchev–Trinajstić information content (AvgIpc) is 2.68. The lowest BCUT2D eigenvalue weighted by Gasteiger charge is -2.26. The van der Waals surface area contributed by atoms with E-state index in [1.165, 1.54) is 6.33 Å². The van der Waals surface area contributed by atoms with E-state index < -0.39 is 0 Å². The summed E-state index contributed by atoms with van der Waals surface area (Å²) in [5.74, 6) is 1.69. The van der Waals surface area contributed by atoms with Gasteiger partial charge in [0.2, 0.25) is 0 Å². The number of rotatable bonds is 5. The molecule has 2 heterocycles. The summed E-state index contributed by atoms with van der Waals surface area (Å²) >= 11 is 0. The maximum absolute atomic E-state index is 12.5. The van der Waals surface area contributed by atoms with Crippen LogP contribution in [0, 0.1) is 0 Å². The third kappa shape index (κ3) is 3.97. The molecule has 1 aliphatic heterocycles. The van der Waals surface area contributed by atoms with Crippen LogP contribution in [0.4, 0.5) is 11.5 Å². The fourth-order valence-electron chi connectivity index (χ4n) is 2.52. The van der Waals surface area contributed by atoms with Gasteiger partial charge in [0.15, 0.2) is 0 Å². The number of amides is 1. The molecule has 1 N–H and O–H groups in total. The van der Waals surface area contributed by atoms with Crippen LogP contribution in [0.5, 0.6) is 11.5 Å². The second-order valence-electron chi connectivity index (χ2n) is 5.38. The van der Waals surface area contributed by atoms with Crippen molar-refractivity contribution in [1.82, 2.24) is 14.9 Å². The number of aromatic nitrogens is 2. The van der Waals surface area contributed by atoms with Gasteiger partial charge in [0.25, 0.3) is 5.91 Å². The highest BCUT2D eigenvalue weighted by Gasteiger charge is 2.20. The molecule has 0 unspecified atom stereocenters. The Morgan fingerprint density at radius 3 is 2.68 bits per heavy atom. The van der Waals surface area contributed by atoms with Crippen LogP contribution < -0.4 is 14.8 Å². The Morgan fingerprint density at radius 2 is 1.96 bits per heavy atom. The number of benzene rings is 1. The third-order valence-corrected chi connectivity index (χ3v) is 3.85. The predicted molar refractivity (Wildman–Crippen MR) is 91.6 cm³/mol. The Hall–Kier alpha value is -2.87. The van der Waals surface area contributed by atoms with Gasteiger partial charge in [0, 0.05) is 25.2 Å². The van der Waals surface area contributed by atoms with E-state index in [1.807, 2.05) is 0 Å². The maximum Gasteiger partial charge on any atom is 0.272 e. The summed E-state index contributed by atoms with van der Waals surface area (Å²) in [5.41, 5.74) is 1.02. The fraction of sp³-hybridized carbons (Fsp3) is 0.353. The minimum absolute atomic E-state index is 0.133. The van der Waals surface area contributed by atoms with E-state index in [9.17, 15) is 4.79 Å². The van der Waals surface area contributed by atoms with Crippen LogP contribution >= 0.6 is 0 Å². The van der Waals surface area contributed by atoms with Crippen molar-refractivity contribution in [3.05, 3.63) is 36.3 Å². The standard InChI is InChI=1S/C17H20N4O4/c1-23-12-3-4-15(24-2)13(9-12)20-16-10-14(18-11-19-16)17(22)21-5-7-25-8-6-21/h3-4,9-11H,5-8H2,1-2H3,(H,18,19,20). The molecule has 1 fully saturated rings. The first-order valence-corrected chi connectivity index (χ1v) is 7.89. The van der Waals surface area contributed by atoms with Crippen LogP contribution in [0.3, 0.4) is 0 Å². The highest BCUT2D eigenvalue weighted by Crippen LogP contribution is 2.31. The highest BCUT2D eigenvalue weighted by molar-refractivity contribution is 5.93. The van der Waals surface area contributed by atoms with Gasteiger partial charge in [-0.05, 0) is 12.1 Å². The summed E-state index contributed by atoms with van der Waals surface area (Å²) in [6, 6.07) is 7.01. The van der Waals surface area contributed by atoms with Gasteiger partial charge < -0.3 is 24.4 Å². The Kier molecular flexibility index (Phi) is 5.30. The molecule has 2 aromatic rings. The molecule has 1 aromatic carbocycles. The molecule has 1 aromatic heterocycles. The van der Waals surface area contributed by atoms with Crippen molar-refractivity contribution in [2.45, 2.75) is 0 Å². The summed E-state index contributed by atoms with van der Waals surface area (Å²) in [4.78, 5) is 22.5. The maximum atomic E-state index is 12.5. The zero-order valence-corrected chi connectivity index (χ0v) is 14.2. The van der Waals surface area contributed by atoms with E-state index in [0.29, 0.717) is 55.0 Å². The number of carbonyl (C=O) groups is 1. The molecule has 25 heavy (non-hydrogen) atoms. The van der Waals surface area contributed by atoms with Gasteiger partial charge in [-0.1, -0.05) is 0 Å². The molecule has 3 rings (SSSR count). The van der Waals surface area contributed by atoms with Crippen LogP contribution in [0.15, 0.2) is 30.6 Å². The second kappa shape index (κ2) is 7.80. The number of hydrogen-bond acceptors (Lipinski definition) is 7. The van der Waals surface area contributed by atoms with Gasteiger partial charge in [-0.2, -0.15) is 0 Å². The van der Waals surface area contributed by atoms with E-state index in [4.69, 9.17) is 14.2 Å². The molecule has 0 spiro atoms. The molecular formula is C17H20N4O4. The average molecular weight is 344 g/mol. The first-order chi connectivity index (χ1) is 12.2. The summed E-state index contributed by atoms with van der Waals surface area (Å²) in [7, 11) is 3.18. The lowest BCUT2D eigenvalue weighted by molar-refractivity contribution is 0.0299. The van der Waals surface area contributed by atoms with E-state index >= 15 is 0 Å². The number of morpholine rings is 1. The van der Waals surface area contributed by atoms with Gasteiger partial charge in [0.1, 0.15) is 29.3 Å². The molecule has 0 aliphatic carbocycles. The van der Waals surface area contributed by atoms with E-state index in [1.54, 1.807) is 43.4 Å². The lowest BCUT2D eigenvalue weighted by Crippen LogP contribution is -2.41. The summed E-state index contributed by atoms with van der Waals surface area (Å²) in [6.07, 6.45) is 1.36. The van der Waals surface area contributed by atoms with Crippen molar-refractivity contribution in [3.63, 3.8) is 0 Å². The molecule has 8 nitrogen and oxygen atoms in total. The quantitative estimate of drug-likeness (QED) is 0.883. The van der Waals surface area contributed by atoms with Crippen LogP contribution in [-0.4, -0.2) is 61.3 Å². The Bertz CT molecular complexity index is 747. The Morgan fingerprint density at radius 1 is 1.16 bits per heavy atom. The first kappa shape index (κ1) is 17.0. The number of anilines is 2. The van der Waals surface area contributed by atoms with Crippen LogP contribution in [-0.2, 0) is 4.74 Å². The normalized spacial score (nSPS) is 14.1. The number of ether oxygens (including phenoxy) is 3. The van der Waals surface area contributed by atoms with Crippen molar-refractivity contribution in [1.29, 1.82) is 0 Å². The van der Waals surface area contributed by atoms with Crippen LogP contribution in [0.25, 0.3) is 0 Å². The Balaban J connectivity index is 1.81. The van der Waals surface area contributed by atoms with E-state index in [2.05, 4.69) is 15.3 Å². The van der Waals surface area contributed by atoms with E-state index in [0.717, 1.165) is 0 Å². The molecule has 132 valence electrons. The SMILES string of the molecule is COc1ccc(OC)c(Nc2cc(C(=O)N3CCOCC3)ncn2)c1. The number of carbonyl (C=O) groups excluding carboxylic acids is 1. The van der Waals surface area contributed by atoms with Gasteiger partial charge in [-0.25, -0.2) is 9.97 Å². The number of methoxy groups -OCH3 is 2. The monoisotopic (exact) mass is 344 g/mol. The van der Waals surface area contributed by atoms with Crippen molar-refractivity contribution in [2.24, 2.45) is 0 Å². The van der Waals surface area contributed by atoms with Gasteiger partial charge in [-0.15, -0.1) is 0 Å². The molecule has 0 bridgehead atoms. The van der Waals surface area contributed by atoms with Crippen molar-refractivity contribution in [3.8, 4) is 11.5 Å². The van der Waals surface area contributed by atoms with Crippen molar-refractivity contribution >= 4 is 17.4 Å². The molecule has 8 heteroatoms. The molecule has 0 radical (unpaired) electrons. The summed E-state index contributed by atoms with van der Waals surface area (Å²) in [6.45, 7) is 2.22. The second-order valence-corrected chi connectivity index (χ2v) is 5.38. The van der Waals surface area contributed by atoms with Crippen LogP contribution in [0.1, 0.15) is 10.5 Å².